The molecule has 2 rings (SSSR count). The molecule has 0 saturated carbocycles. The van der Waals surface area contributed by atoms with Gasteiger partial charge in [0.2, 0.25) is 0 Å². The van der Waals surface area contributed by atoms with Crippen molar-refractivity contribution in [1.29, 1.82) is 5.26 Å². The number of nitriles is 1. The van der Waals surface area contributed by atoms with Gasteiger partial charge >= 0.3 is 5.97 Å². The first-order chi connectivity index (χ1) is 8.72. The summed E-state index contributed by atoms with van der Waals surface area (Å²) in [5, 5.41) is 19.9. The molecule has 0 aromatic heterocycles. The van der Waals surface area contributed by atoms with Crippen LogP contribution in [0.4, 0.5) is 0 Å². The molecule has 0 bridgehead atoms. The van der Waals surface area contributed by atoms with Gasteiger partial charge in [0.25, 0.3) is 0 Å². The fourth-order valence-corrected chi connectivity index (χ4v) is 2.09. The number of carboxylic acids is 1. The molecule has 1 unspecified atom stereocenters. The molecule has 0 heterocycles. The molecular formula is C15H13NO2. The molecule has 2 aromatic carbocycles. The quantitative estimate of drug-likeness (QED) is 0.892. The minimum Gasteiger partial charge on any atom is -0.481 e. The maximum absolute atomic E-state index is 11.1. The number of fused-ring (bicyclic) bond motifs is 1. The zero-order valence-electron chi connectivity index (χ0n) is 9.84. The van der Waals surface area contributed by atoms with Crippen LogP contribution in [0.3, 0.4) is 0 Å². The largest absolute Gasteiger partial charge is 0.481 e. The third kappa shape index (κ3) is 2.49. The van der Waals surface area contributed by atoms with E-state index in [1.807, 2.05) is 48.5 Å². The molecule has 0 radical (unpaired) electrons. The van der Waals surface area contributed by atoms with Gasteiger partial charge < -0.3 is 5.11 Å². The Hall–Kier alpha value is -2.34. The standard InChI is InChI=1S/C15H13NO2/c16-9-8-13(15(17)18)10-12-6-3-5-11-4-1-2-7-14(11)12/h1-7,13H,8,10H2,(H,17,18). The third-order valence-electron chi connectivity index (χ3n) is 3.03. The Labute approximate surface area is 105 Å². The van der Waals surface area contributed by atoms with Crippen molar-refractivity contribution in [3.05, 3.63) is 48.0 Å². The highest BCUT2D eigenvalue weighted by molar-refractivity contribution is 5.86. The Morgan fingerprint density at radius 3 is 2.67 bits per heavy atom. The van der Waals surface area contributed by atoms with Gasteiger partial charge in [0.05, 0.1) is 12.0 Å². The zero-order valence-corrected chi connectivity index (χ0v) is 9.84. The van der Waals surface area contributed by atoms with Crippen molar-refractivity contribution in [2.24, 2.45) is 5.92 Å². The molecule has 1 N–H and O–H groups in total. The maximum Gasteiger partial charge on any atom is 0.307 e. The van der Waals surface area contributed by atoms with Gasteiger partial charge in [-0.3, -0.25) is 4.79 Å². The van der Waals surface area contributed by atoms with Crippen LogP contribution in [0, 0.1) is 17.2 Å². The number of nitrogens with zero attached hydrogens (tertiary/aromatic N) is 1. The first kappa shape index (κ1) is 12.1. The Balaban J connectivity index is 2.36. The lowest BCUT2D eigenvalue weighted by Gasteiger charge is -2.11. The summed E-state index contributed by atoms with van der Waals surface area (Å²) in [6, 6.07) is 15.7. The average molecular weight is 239 g/mol. The van der Waals surface area contributed by atoms with Crippen molar-refractivity contribution in [2.75, 3.05) is 0 Å². The van der Waals surface area contributed by atoms with E-state index in [1.54, 1.807) is 0 Å². The smallest absolute Gasteiger partial charge is 0.307 e. The topological polar surface area (TPSA) is 61.1 Å². The molecule has 1 atom stereocenters. The minimum absolute atomic E-state index is 0.0402. The van der Waals surface area contributed by atoms with Gasteiger partial charge in [-0.1, -0.05) is 42.5 Å². The fourth-order valence-electron chi connectivity index (χ4n) is 2.09. The Morgan fingerprint density at radius 2 is 1.94 bits per heavy atom. The van der Waals surface area contributed by atoms with E-state index < -0.39 is 11.9 Å². The number of aliphatic carboxylic acids is 1. The van der Waals surface area contributed by atoms with Crippen molar-refractivity contribution in [3.8, 4) is 6.07 Å². The highest BCUT2D eigenvalue weighted by atomic mass is 16.4. The van der Waals surface area contributed by atoms with E-state index in [4.69, 9.17) is 10.4 Å². The fraction of sp³-hybridized carbons (Fsp3) is 0.200. The number of carbonyl (C=O) groups is 1. The monoisotopic (exact) mass is 239 g/mol. The molecule has 18 heavy (non-hydrogen) atoms. The zero-order chi connectivity index (χ0) is 13.0. The van der Waals surface area contributed by atoms with Crippen LogP contribution in [0.1, 0.15) is 12.0 Å². The number of carboxylic acid groups (broad SMARTS) is 1. The van der Waals surface area contributed by atoms with Crippen LogP contribution in [-0.2, 0) is 11.2 Å². The van der Waals surface area contributed by atoms with E-state index >= 15 is 0 Å². The summed E-state index contributed by atoms with van der Waals surface area (Å²) in [5.41, 5.74) is 0.982. The molecule has 0 saturated heterocycles. The molecule has 3 heteroatoms. The Bertz CT molecular complexity index is 608. The lowest BCUT2D eigenvalue weighted by atomic mass is 9.93. The molecule has 0 amide bonds. The normalized spacial score (nSPS) is 11.9. The summed E-state index contributed by atoms with van der Waals surface area (Å²) in [7, 11) is 0. The lowest BCUT2D eigenvalue weighted by Crippen LogP contribution is -2.16. The molecule has 0 fully saturated rings. The van der Waals surface area contributed by atoms with Gasteiger partial charge in [0.15, 0.2) is 0 Å². The van der Waals surface area contributed by atoms with Crippen LogP contribution in [0.5, 0.6) is 0 Å². The van der Waals surface area contributed by atoms with Gasteiger partial charge in [-0.25, -0.2) is 0 Å². The number of benzene rings is 2. The predicted octanol–water partition coefficient (Wildman–Crippen LogP) is 3.00. The summed E-state index contributed by atoms with van der Waals surface area (Å²) in [4.78, 5) is 11.1. The molecule has 90 valence electrons. The van der Waals surface area contributed by atoms with E-state index in [2.05, 4.69) is 0 Å². The van der Waals surface area contributed by atoms with Crippen molar-refractivity contribution in [1.82, 2.24) is 0 Å². The van der Waals surface area contributed by atoms with Gasteiger partial charge in [0.1, 0.15) is 0 Å². The molecule has 0 spiro atoms. The van der Waals surface area contributed by atoms with Crippen LogP contribution in [0.15, 0.2) is 42.5 Å². The number of hydrogen-bond donors (Lipinski definition) is 1. The molecule has 0 aliphatic heterocycles. The van der Waals surface area contributed by atoms with Gasteiger partial charge in [-0.2, -0.15) is 5.26 Å². The van der Waals surface area contributed by atoms with Crippen LogP contribution in [0.2, 0.25) is 0 Å². The molecular weight excluding hydrogens is 226 g/mol. The van der Waals surface area contributed by atoms with Crippen molar-refractivity contribution < 1.29 is 9.90 Å². The van der Waals surface area contributed by atoms with E-state index in [-0.39, 0.29) is 6.42 Å². The number of hydrogen-bond acceptors (Lipinski definition) is 2. The van der Waals surface area contributed by atoms with Crippen molar-refractivity contribution in [2.45, 2.75) is 12.8 Å². The first-order valence-electron chi connectivity index (χ1n) is 5.78. The van der Waals surface area contributed by atoms with Crippen LogP contribution in [0.25, 0.3) is 10.8 Å². The molecule has 3 nitrogen and oxygen atoms in total. The number of rotatable bonds is 4. The highest BCUT2D eigenvalue weighted by Crippen LogP contribution is 2.22. The third-order valence-corrected chi connectivity index (χ3v) is 3.03. The van der Waals surface area contributed by atoms with Gasteiger partial charge in [-0.05, 0) is 22.8 Å². The molecule has 0 aliphatic carbocycles. The SMILES string of the molecule is N#CCC(Cc1cccc2ccccc12)C(=O)O. The van der Waals surface area contributed by atoms with Gasteiger partial charge in [-0.15, -0.1) is 0 Å². The summed E-state index contributed by atoms with van der Waals surface area (Å²) in [5.74, 6) is -1.55. The Morgan fingerprint density at radius 1 is 1.22 bits per heavy atom. The second kappa shape index (κ2) is 5.33. The lowest BCUT2D eigenvalue weighted by molar-refractivity contribution is -0.141. The van der Waals surface area contributed by atoms with Crippen LogP contribution < -0.4 is 0 Å². The van der Waals surface area contributed by atoms with E-state index in [1.165, 1.54) is 0 Å². The average Bonchev–Trinajstić information content (AvgIpc) is 2.38. The second-order valence-corrected chi connectivity index (χ2v) is 4.24. The van der Waals surface area contributed by atoms with Crippen LogP contribution in [-0.4, -0.2) is 11.1 Å². The molecule has 2 aromatic rings. The summed E-state index contributed by atoms with van der Waals surface area (Å²) in [6.45, 7) is 0. The Kier molecular flexibility index (Phi) is 3.59. The summed E-state index contributed by atoms with van der Waals surface area (Å²) in [6.07, 6.45) is 0.433. The summed E-state index contributed by atoms with van der Waals surface area (Å²) < 4.78 is 0. The second-order valence-electron chi connectivity index (χ2n) is 4.24. The van der Waals surface area contributed by atoms with E-state index in [0.29, 0.717) is 6.42 Å². The van der Waals surface area contributed by atoms with Crippen molar-refractivity contribution in [3.63, 3.8) is 0 Å². The highest BCUT2D eigenvalue weighted by Gasteiger charge is 2.18. The summed E-state index contributed by atoms with van der Waals surface area (Å²) >= 11 is 0. The van der Waals surface area contributed by atoms with Crippen LogP contribution >= 0.6 is 0 Å². The molecule has 0 aliphatic rings. The maximum atomic E-state index is 11.1. The van der Waals surface area contributed by atoms with Crippen molar-refractivity contribution >= 4 is 16.7 Å². The van der Waals surface area contributed by atoms with Gasteiger partial charge in [0, 0.05) is 6.42 Å². The van der Waals surface area contributed by atoms with E-state index in [9.17, 15) is 4.79 Å². The van der Waals surface area contributed by atoms with E-state index in [0.717, 1.165) is 16.3 Å². The minimum atomic E-state index is -0.913. The predicted molar refractivity (Wildman–Crippen MR) is 69.0 cm³/mol. The first-order valence-corrected chi connectivity index (χ1v) is 5.78.